The van der Waals surface area contributed by atoms with Gasteiger partial charge in [-0.3, -0.25) is 10.1 Å². The highest BCUT2D eigenvalue weighted by atomic mass is 16.5. The molecular weight excluding hydrogens is 348 g/mol. The summed E-state index contributed by atoms with van der Waals surface area (Å²) in [5.41, 5.74) is 1.16. The fraction of sp³-hybridized carbons (Fsp3) is 0.250. The molecule has 2 aromatic rings. The van der Waals surface area contributed by atoms with Crippen LogP contribution in [0.1, 0.15) is 29.3 Å². The van der Waals surface area contributed by atoms with Gasteiger partial charge in [-0.1, -0.05) is 49.4 Å². The predicted molar refractivity (Wildman–Crippen MR) is 99.3 cm³/mol. The second-order valence-electron chi connectivity index (χ2n) is 5.65. The minimum Gasteiger partial charge on any atom is -0.488 e. The van der Waals surface area contributed by atoms with Gasteiger partial charge >= 0.3 is 12.0 Å². The highest BCUT2D eigenvalue weighted by Gasteiger charge is 2.16. The lowest BCUT2D eigenvalue weighted by Gasteiger charge is -2.11. The lowest BCUT2D eigenvalue weighted by atomic mass is 10.2. The van der Waals surface area contributed by atoms with Crippen LogP contribution in [0.3, 0.4) is 0 Å². The summed E-state index contributed by atoms with van der Waals surface area (Å²) in [6.07, 6.45) is 0.746. The number of benzene rings is 2. The zero-order valence-corrected chi connectivity index (χ0v) is 15.1. The van der Waals surface area contributed by atoms with E-state index < -0.39 is 24.5 Å². The van der Waals surface area contributed by atoms with Crippen LogP contribution in [0.25, 0.3) is 0 Å². The number of rotatable bonds is 8. The van der Waals surface area contributed by atoms with Crippen LogP contribution in [0.4, 0.5) is 4.79 Å². The molecule has 0 spiro atoms. The largest absolute Gasteiger partial charge is 0.488 e. The van der Waals surface area contributed by atoms with Gasteiger partial charge in [0.15, 0.2) is 6.61 Å². The monoisotopic (exact) mass is 370 g/mol. The van der Waals surface area contributed by atoms with Crippen LogP contribution in [0.2, 0.25) is 0 Å². The number of hydrogen-bond donors (Lipinski definition) is 2. The van der Waals surface area contributed by atoms with E-state index in [4.69, 9.17) is 9.47 Å². The maximum atomic E-state index is 12.3. The van der Waals surface area contributed by atoms with Crippen molar-refractivity contribution in [2.24, 2.45) is 0 Å². The number of hydrogen-bond acceptors (Lipinski definition) is 5. The van der Waals surface area contributed by atoms with Crippen molar-refractivity contribution in [3.63, 3.8) is 0 Å². The fourth-order valence-electron chi connectivity index (χ4n) is 2.15. The molecule has 2 aromatic carbocycles. The Balaban J connectivity index is 1.88. The van der Waals surface area contributed by atoms with Crippen molar-refractivity contribution >= 4 is 17.9 Å². The average Bonchev–Trinajstić information content (AvgIpc) is 2.70. The molecule has 0 aliphatic carbocycles. The van der Waals surface area contributed by atoms with E-state index in [0.29, 0.717) is 18.9 Å². The second-order valence-corrected chi connectivity index (χ2v) is 5.65. The highest BCUT2D eigenvalue weighted by Crippen LogP contribution is 2.20. The first-order valence-electron chi connectivity index (χ1n) is 8.60. The number of nitrogens with one attached hydrogen (secondary N) is 2. The van der Waals surface area contributed by atoms with E-state index in [9.17, 15) is 14.4 Å². The highest BCUT2D eigenvalue weighted by molar-refractivity contribution is 5.97. The van der Waals surface area contributed by atoms with Crippen LogP contribution in [0, 0.1) is 0 Å². The number of para-hydroxylation sites is 1. The Hall–Kier alpha value is -3.35. The van der Waals surface area contributed by atoms with Crippen LogP contribution in [0.5, 0.6) is 5.75 Å². The van der Waals surface area contributed by atoms with Crippen LogP contribution in [-0.4, -0.2) is 31.1 Å². The molecule has 7 nitrogen and oxygen atoms in total. The lowest BCUT2D eigenvalue weighted by molar-refractivity contribution is -0.123. The third-order valence-corrected chi connectivity index (χ3v) is 3.47. The van der Waals surface area contributed by atoms with Gasteiger partial charge in [-0.05, 0) is 24.1 Å². The third-order valence-electron chi connectivity index (χ3n) is 3.47. The summed E-state index contributed by atoms with van der Waals surface area (Å²) in [5.74, 6) is -1.06. The van der Waals surface area contributed by atoms with E-state index in [-0.39, 0.29) is 5.56 Å². The quantitative estimate of drug-likeness (QED) is 0.697. The van der Waals surface area contributed by atoms with Crippen molar-refractivity contribution in [1.82, 2.24) is 10.6 Å². The Labute approximate surface area is 157 Å². The van der Waals surface area contributed by atoms with Gasteiger partial charge in [0, 0.05) is 6.54 Å². The average molecular weight is 370 g/mol. The molecule has 2 rings (SSSR count). The standard InChI is InChI=1S/C20H22N2O5/c1-2-12-21-20(25)22-18(23)14-27-19(24)16-10-6-7-11-17(16)26-13-15-8-4-3-5-9-15/h3-11H,2,12-14H2,1H3,(H2,21,22,23,25). The maximum Gasteiger partial charge on any atom is 0.342 e. The summed E-state index contributed by atoms with van der Waals surface area (Å²) in [7, 11) is 0. The van der Waals surface area contributed by atoms with Crippen molar-refractivity contribution in [1.29, 1.82) is 0 Å². The molecule has 3 amide bonds. The molecule has 0 aromatic heterocycles. The van der Waals surface area contributed by atoms with Crippen molar-refractivity contribution in [2.45, 2.75) is 20.0 Å². The Morgan fingerprint density at radius 1 is 0.963 bits per heavy atom. The van der Waals surface area contributed by atoms with Crippen LogP contribution >= 0.6 is 0 Å². The number of carbonyl (C=O) groups is 3. The first kappa shape index (κ1) is 20.0. The SMILES string of the molecule is CCCNC(=O)NC(=O)COC(=O)c1ccccc1OCc1ccccc1. The molecule has 0 radical (unpaired) electrons. The van der Waals surface area contributed by atoms with E-state index in [1.165, 1.54) is 0 Å². The molecule has 0 saturated carbocycles. The molecular formula is C20H22N2O5. The molecule has 2 N–H and O–H groups in total. The topological polar surface area (TPSA) is 93.7 Å². The molecule has 0 saturated heterocycles. The first-order chi connectivity index (χ1) is 13.1. The van der Waals surface area contributed by atoms with Gasteiger partial charge in [-0.15, -0.1) is 0 Å². The summed E-state index contributed by atoms with van der Waals surface area (Å²) in [4.78, 5) is 35.3. The zero-order chi connectivity index (χ0) is 19.5. The number of imide groups is 1. The van der Waals surface area contributed by atoms with E-state index in [0.717, 1.165) is 12.0 Å². The van der Waals surface area contributed by atoms with Gasteiger partial charge in [0.1, 0.15) is 17.9 Å². The van der Waals surface area contributed by atoms with E-state index >= 15 is 0 Å². The Morgan fingerprint density at radius 2 is 1.67 bits per heavy atom. The second kappa shape index (κ2) is 10.6. The summed E-state index contributed by atoms with van der Waals surface area (Å²) >= 11 is 0. The molecule has 0 bridgehead atoms. The molecule has 0 aliphatic heterocycles. The van der Waals surface area contributed by atoms with E-state index in [1.807, 2.05) is 37.3 Å². The zero-order valence-electron chi connectivity index (χ0n) is 15.1. The van der Waals surface area contributed by atoms with Gasteiger partial charge in [0.2, 0.25) is 0 Å². The molecule has 7 heteroatoms. The number of ether oxygens (including phenoxy) is 2. The predicted octanol–water partition coefficient (Wildman–Crippen LogP) is 2.66. The molecule has 142 valence electrons. The number of carbonyl (C=O) groups excluding carboxylic acids is 3. The van der Waals surface area contributed by atoms with Gasteiger partial charge in [-0.25, -0.2) is 9.59 Å². The molecule has 0 aliphatic rings. The van der Waals surface area contributed by atoms with Crippen molar-refractivity contribution in [3.05, 3.63) is 65.7 Å². The summed E-state index contributed by atoms with van der Waals surface area (Å²) < 4.78 is 10.7. The minimum absolute atomic E-state index is 0.205. The molecule has 0 fully saturated rings. The Kier molecular flexibility index (Phi) is 7.84. The number of esters is 1. The van der Waals surface area contributed by atoms with Crippen LogP contribution < -0.4 is 15.4 Å². The number of amides is 3. The van der Waals surface area contributed by atoms with Gasteiger partial charge in [0.05, 0.1) is 0 Å². The van der Waals surface area contributed by atoms with Crippen LogP contribution in [0.15, 0.2) is 54.6 Å². The van der Waals surface area contributed by atoms with E-state index in [1.54, 1.807) is 24.3 Å². The summed E-state index contributed by atoms with van der Waals surface area (Å²) in [6, 6.07) is 15.5. The maximum absolute atomic E-state index is 12.3. The van der Waals surface area contributed by atoms with Gasteiger partial charge in [-0.2, -0.15) is 0 Å². The van der Waals surface area contributed by atoms with Crippen molar-refractivity contribution < 1.29 is 23.9 Å². The fourth-order valence-corrected chi connectivity index (χ4v) is 2.15. The molecule has 0 unspecified atom stereocenters. The van der Waals surface area contributed by atoms with Gasteiger partial charge in [0.25, 0.3) is 5.91 Å². The normalized spacial score (nSPS) is 9.96. The Bertz CT molecular complexity index is 777. The summed E-state index contributed by atoms with van der Waals surface area (Å²) in [5, 5.41) is 4.58. The first-order valence-corrected chi connectivity index (χ1v) is 8.60. The van der Waals surface area contributed by atoms with Gasteiger partial charge < -0.3 is 14.8 Å². The molecule has 0 atom stereocenters. The summed E-state index contributed by atoms with van der Waals surface area (Å²) in [6.45, 7) is 2.07. The number of urea groups is 1. The van der Waals surface area contributed by atoms with E-state index in [2.05, 4.69) is 10.6 Å². The van der Waals surface area contributed by atoms with Crippen LogP contribution in [-0.2, 0) is 16.1 Å². The third kappa shape index (κ3) is 6.81. The Morgan fingerprint density at radius 3 is 2.41 bits per heavy atom. The lowest BCUT2D eigenvalue weighted by Crippen LogP contribution is -2.41. The smallest absolute Gasteiger partial charge is 0.342 e. The minimum atomic E-state index is -0.709. The van der Waals surface area contributed by atoms with Crippen molar-refractivity contribution in [3.8, 4) is 5.75 Å². The van der Waals surface area contributed by atoms with Crippen molar-refractivity contribution in [2.75, 3.05) is 13.2 Å². The molecule has 0 heterocycles. The molecule has 27 heavy (non-hydrogen) atoms.